The van der Waals surface area contributed by atoms with Crippen LogP contribution < -0.4 is 26.6 Å². The molecule has 3 N–H and O–H groups in total. The molecule has 0 aliphatic rings. The van der Waals surface area contributed by atoms with Crippen LogP contribution >= 0.6 is 0 Å². The molecule has 3 aromatic rings. The molecule has 0 spiro atoms. The van der Waals surface area contributed by atoms with Gasteiger partial charge in [0.15, 0.2) is 12.3 Å². The average molecular weight is 410 g/mol. The monoisotopic (exact) mass is 410 g/mol. The predicted molar refractivity (Wildman–Crippen MR) is 118 cm³/mol. The van der Waals surface area contributed by atoms with E-state index in [1.54, 1.807) is 13.0 Å². The van der Waals surface area contributed by atoms with Crippen LogP contribution in [0.5, 0.6) is 5.75 Å². The van der Waals surface area contributed by atoms with Crippen molar-refractivity contribution in [2.45, 2.75) is 33.2 Å². The molecule has 0 bridgehead atoms. The number of nitrogens with one attached hydrogen (secondary N) is 1. The fraction of sp³-hybridized carbons (Fsp3) is 0.318. The number of rotatable bonds is 8. The molecule has 0 saturated carbocycles. The van der Waals surface area contributed by atoms with Crippen molar-refractivity contribution < 1.29 is 9.53 Å². The number of carbonyl (C=O) groups is 1. The summed E-state index contributed by atoms with van der Waals surface area (Å²) in [4.78, 5) is 40.9. The molecule has 0 aliphatic carbocycles. The number of unbranched alkanes of at least 4 members (excludes halogenated alkanes) is 1. The van der Waals surface area contributed by atoms with Gasteiger partial charge in [0, 0.05) is 13.1 Å². The lowest BCUT2D eigenvalue weighted by molar-refractivity contribution is -0.120. The van der Waals surface area contributed by atoms with Crippen LogP contribution in [0, 0.1) is 0 Å². The van der Waals surface area contributed by atoms with Crippen LogP contribution in [0.2, 0.25) is 0 Å². The molecule has 0 fully saturated rings. The molecular weight excluding hydrogens is 384 g/mol. The van der Waals surface area contributed by atoms with Gasteiger partial charge in [-0.1, -0.05) is 43.7 Å². The van der Waals surface area contributed by atoms with Crippen LogP contribution in [-0.2, 0) is 11.3 Å². The first kappa shape index (κ1) is 21.2. The lowest BCUT2D eigenvalue weighted by atomic mass is 10.1. The summed E-state index contributed by atoms with van der Waals surface area (Å²) in [5.74, 6) is 0.106. The molecule has 8 nitrogen and oxygen atoms in total. The number of ether oxygens (including phenoxy) is 1. The van der Waals surface area contributed by atoms with Crippen molar-refractivity contribution in [3.63, 3.8) is 0 Å². The van der Waals surface area contributed by atoms with E-state index >= 15 is 0 Å². The number of amides is 1. The number of anilines is 2. The first-order valence-electron chi connectivity index (χ1n) is 10.0. The topological polar surface area (TPSA) is 110 Å². The lowest BCUT2D eigenvalue weighted by Crippen LogP contribution is -2.42. The second-order valence-corrected chi connectivity index (χ2v) is 6.93. The van der Waals surface area contributed by atoms with Gasteiger partial charge in [-0.25, -0.2) is 4.79 Å². The summed E-state index contributed by atoms with van der Waals surface area (Å²) in [7, 11) is 0. The number of nitrogens with two attached hydrogens (primary N) is 1. The maximum absolute atomic E-state index is 12.8. The molecule has 8 heteroatoms. The highest BCUT2D eigenvalue weighted by Gasteiger charge is 2.23. The number of fused-ring (bicyclic) bond motifs is 1. The second kappa shape index (κ2) is 9.30. The normalized spacial score (nSPS) is 10.9. The molecule has 0 unspecified atom stereocenters. The zero-order valence-electron chi connectivity index (χ0n) is 17.2. The Hall–Kier alpha value is -3.55. The van der Waals surface area contributed by atoms with Crippen molar-refractivity contribution in [2.24, 2.45) is 0 Å². The minimum Gasteiger partial charge on any atom is -0.484 e. The number of carbonyl (C=O) groups excluding carboxylic acids is 1. The van der Waals surface area contributed by atoms with Gasteiger partial charge in [-0.2, -0.15) is 0 Å². The number of H-pyrrole nitrogens is 1. The van der Waals surface area contributed by atoms with Gasteiger partial charge in [-0.15, -0.1) is 0 Å². The van der Waals surface area contributed by atoms with E-state index in [0.29, 0.717) is 12.3 Å². The van der Waals surface area contributed by atoms with E-state index in [4.69, 9.17) is 10.5 Å². The molecule has 0 radical (unpaired) electrons. The van der Waals surface area contributed by atoms with Gasteiger partial charge >= 0.3 is 5.69 Å². The number of benzene rings is 2. The Morgan fingerprint density at radius 3 is 2.57 bits per heavy atom. The van der Waals surface area contributed by atoms with Crippen molar-refractivity contribution in [1.82, 2.24) is 9.55 Å². The molecule has 30 heavy (non-hydrogen) atoms. The van der Waals surface area contributed by atoms with Crippen LogP contribution in [0.25, 0.3) is 10.8 Å². The van der Waals surface area contributed by atoms with Crippen LogP contribution in [0.4, 0.5) is 11.5 Å². The first-order valence-corrected chi connectivity index (χ1v) is 10.0. The Morgan fingerprint density at radius 2 is 1.87 bits per heavy atom. The van der Waals surface area contributed by atoms with Crippen molar-refractivity contribution >= 4 is 28.2 Å². The Bertz CT molecular complexity index is 1170. The molecule has 0 aliphatic heterocycles. The Morgan fingerprint density at radius 1 is 1.13 bits per heavy atom. The van der Waals surface area contributed by atoms with Crippen molar-refractivity contribution in [3.8, 4) is 5.75 Å². The van der Waals surface area contributed by atoms with Crippen LogP contribution in [0.15, 0.2) is 52.1 Å². The summed E-state index contributed by atoms with van der Waals surface area (Å²) in [5.41, 5.74) is 4.82. The molecule has 2 aromatic carbocycles. The number of likely N-dealkylation sites (N-methyl/N-ethyl adjacent to an activating group) is 1. The summed E-state index contributed by atoms with van der Waals surface area (Å²) in [5, 5.41) is 2.07. The van der Waals surface area contributed by atoms with Gasteiger partial charge in [0.25, 0.3) is 11.5 Å². The SMILES string of the molecule is CCCCn1c(N)c(N(CC)C(=O)COc2ccc3ccccc3c2)c(=O)[nH]c1=O. The molecule has 0 atom stereocenters. The largest absolute Gasteiger partial charge is 0.484 e. The Labute approximate surface area is 173 Å². The van der Waals surface area contributed by atoms with E-state index in [2.05, 4.69) is 4.98 Å². The molecule has 1 heterocycles. The average Bonchev–Trinajstić information content (AvgIpc) is 2.74. The Balaban J connectivity index is 1.83. The summed E-state index contributed by atoms with van der Waals surface area (Å²) in [6.07, 6.45) is 1.58. The molecule has 1 amide bonds. The third kappa shape index (κ3) is 4.37. The molecule has 3 rings (SSSR count). The van der Waals surface area contributed by atoms with Gasteiger partial charge in [-0.05, 0) is 36.2 Å². The van der Waals surface area contributed by atoms with E-state index in [9.17, 15) is 14.4 Å². The van der Waals surface area contributed by atoms with E-state index in [1.807, 2.05) is 43.3 Å². The number of aromatic nitrogens is 2. The van der Waals surface area contributed by atoms with Crippen LogP contribution in [0.3, 0.4) is 0 Å². The lowest BCUT2D eigenvalue weighted by Gasteiger charge is -2.23. The third-order valence-electron chi connectivity index (χ3n) is 4.92. The van der Waals surface area contributed by atoms with Crippen molar-refractivity contribution in [3.05, 3.63) is 63.3 Å². The number of nitrogens with zero attached hydrogens (tertiary/aromatic N) is 2. The molecule has 1 aromatic heterocycles. The fourth-order valence-corrected chi connectivity index (χ4v) is 3.32. The smallest absolute Gasteiger partial charge is 0.330 e. The van der Waals surface area contributed by atoms with Crippen molar-refractivity contribution in [1.29, 1.82) is 0 Å². The number of hydrogen-bond donors (Lipinski definition) is 2. The summed E-state index contributed by atoms with van der Waals surface area (Å²) in [6.45, 7) is 4.02. The number of nitrogen functional groups attached to an aromatic ring is 1. The summed E-state index contributed by atoms with van der Waals surface area (Å²) < 4.78 is 6.96. The second-order valence-electron chi connectivity index (χ2n) is 6.93. The van der Waals surface area contributed by atoms with E-state index in [0.717, 1.165) is 23.6 Å². The summed E-state index contributed by atoms with van der Waals surface area (Å²) in [6, 6.07) is 13.4. The molecule has 158 valence electrons. The zero-order chi connectivity index (χ0) is 21.7. The standard InChI is InChI=1S/C22H26N4O4/c1-3-5-12-26-20(23)19(21(28)24-22(26)29)25(4-2)18(27)14-30-17-11-10-15-8-6-7-9-16(15)13-17/h6-11,13H,3-5,12,14,23H2,1-2H3,(H,24,28,29). The highest BCUT2D eigenvalue weighted by molar-refractivity contribution is 5.96. The first-order chi connectivity index (χ1) is 14.5. The molecule has 0 saturated heterocycles. The van der Waals surface area contributed by atoms with Gasteiger partial charge in [0.2, 0.25) is 0 Å². The minimum atomic E-state index is -0.689. The number of hydrogen-bond acceptors (Lipinski definition) is 5. The van der Waals surface area contributed by atoms with Gasteiger partial charge in [0.05, 0.1) is 0 Å². The van der Waals surface area contributed by atoms with Crippen LogP contribution in [-0.4, -0.2) is 28.6 Å². The molecular formula is C22H26N4O4. The summed E-state index contributed by atoms with van der Waals surface area (Å²) >= 11 is 0. The fourth-order valence-electron chi connectivity index (χ4n) is 3.32. The van der Waals surface area contributed by atoms with Gasteiger partial charge in [-0.3, -0.25) is 19.1 Å². The van der Waals surface area contributed by atoms with Gasteiger partial charge in [0.1, 0.15) is 11.6 Å². The third-order valence-corrected chi connectivity index (χ3v) is 4.92. The predicted octanol–water partition coefficient (Wildman–Crippen LogP) is 2.50. The van der Waals surface area contributed by atoms with Crippen LogP contribution in [0.1, 0.15) is 26.7 Å². The highest BCUT2D eigenvalue weighted by Crippen LogP contribution is 2.21. The quantitative estimate of drug-likeness (QED) is 0.593. The maximum atomic E-state index is 12.8. The zero-order valence-corrected chi connectivity index (χ0v) is 17.2. The Kier molecular flexibility index (Phi) is 6.56. The van der Waals surface area contributed by atoms with E-state index in [1.165, 1.54) is 9.47 Å². The maximum Gasteiger partial charge on any atom is 0.330 e. The van der Waals surface area contributed by atoms with E-state index in [-0.39, 0.29) is 24.7 Å². The number of aromatic amines is 1. The minimum absolute atomic E-state index is 0.0156. The van der Waals surface area contributed by atoms with E-state index < -0.39 is 17.2 Å². The van der Waals surface area contributed by atoms with Crippen molar-refractivity contribution in [2.75, 3.05) is 23.8 Å². The highest BCUT2D eigenvalue weighted by atomic mass is 16.5. The van der Waals surface area contributed by atoms with Gasteiger partial charge < -0.3 is 15.4 Å².